The molecule has 0 N–H and O–H groups in total. The largest absolute Gasteiger partial charge is 0.498 e. The van der Waals surface area contributed by atoms with Gasteiger partial charge in [0.15, 0.2) is 0 Å². The van der Waals surface area contributed by atoms with Crippen LogP contribution in [0, 0.1) is 17.2 Å². The van der Waals surface area contributed by atoms with Gasteiger partial charge in [-0.05, 0) is 68.6 Å². The summed E-state index contributed by atoms with van der Waals surface area (Å²) in [6.45, 7) is 4.20. The maximum Gasteiger partial charge on any atom is 0.100 e. The molecule has 1 saturated carbocycles. The Bertz CT molecular complexity index is 489. The van der Waals surface area contributed by atoms with E-state index in [2.05, 4.69) is 25.1 Å². The van der Waals surface area contributed by atoms with Crippen LogP contribution >= 0.6 is 0 Å². The van der Waals surface area contributed by atoms with Crippen LogP contribution in [0.1, 0.15) is 63.0 Å². The minimum Gasteiger partial charge on any atom is -0.498 e. The third-order valence-electron chi connectivity index (χ3n) is 4.60. The van der Waals surface area contributed by atoms with Gasteiger partial charge in [0.2, 0.25) is 0 Å². The Balaban J connectivity index is 1.91. The van der Waals surface area contributed by atoms with Crippen LogP contribution in [-0.2, 0) is 4.74 Å². The first-order valence-electron chi connectivity index (χ1n) is 8.05. The molecule has 0 aliphatic heterocycles. The van der Waals surface area contributed by atoms with E-state index in [1.165, 1.54) is 31.2 Å². The van der Waals surface area contributed by atoms with E-state index in [1.54, 1.807) is 0 Å². The lowest BCUT2D eigenvalue weighted by Gasteiger charge is -2.33. The van der Waals surface area contributed by atoms with Crippen LogP contribution in [0.5, 0.6) is 0 Å². The van der Waals surface area contributed by atoms with Gasteiger partial charge in [-0.3, -0.25) is 0 Å². The van der Waals surface area contributed by atoms with Crippen LogP contribution in [0.15, 0.2) is 36.6 Å². The third kappa shape index (κ3) is 4.11. The summed E-state index contributed by atoms with van der Waals surface area (Å²) in [6, 6.07) is 10.3. The number of rotatable bonds is 5. The molecule has 1 aromatic carbocycles. The molecule has 1 aromatic rings. The van der Waals surface area contributed by atoms with E-state index in [1.807, 2.05) is 31.4 Å². The summed E-state index contributed by atoms with van der Waals surface area (Å²) in [5.74, 6) is 1.33. The van der Waals surface area contributed by atoms with Crippen molar-refractivity contribution in [1.82, 2.24) is 0 Å². The second-order valence-electron chi connectivity index (χ2n) is 5.90. The van der Waals surface area contributed by atoms with Gasteiger partial charge < -0.3 is 4.74 Å². The molecule has 21 heavy (non-hydrogen) atoms. The molecule has 1 atom stereocenters. The summed E-state index contributed by atoms with van der Waals surface area (Å²) < 4.78 is 5.83. The number of allylic oxidation sites excluding steroid dienone is 1. The van der Waals surface area contributed by atoms with Crippen LogP contribution in [0.3, 0.4) is 0 Å². The summed E-state index contributed by atoms with van der Waals surface area (Å²) in [5, 5.41) is 8.86. The molecule has 0 aromatic heterocycles. The van der Waals surface area contributed by atoms with Crippen molar-refractivity contribution in [2.24, 2.45) is 5.92 Å². The van der Waals surface area contributed by atoms with Gasteiger partial charge in [-0.25, -0.2) is 0 Å². The molecule has 0 radical (unpaired) electrons. The van der Waals surface area contributed by atoms with Gasteiger partial charge in [0, 0.05) is 0 Å². The van der Waals surface area contributed by atoms with E-state index in [0.29, 0.717) is 17.9 Å². The van der Waals surface area contributed by atoms with Crippen molar-refractivity contribution in [2.75, 3.05) is 0 Å². The van der Waals surface area contributed by atoms with Crippen molar-refractivity contribution >= 4 is 0 Å². The molecule has 0 amide bonds. The highest BCUT2D eigenvalue weighted by Crippen LogP contribution is 2.38. The number of benzene rings is 1. The highest BCUT2D eigenvalue weighted by atomic mass is 16.5. The maximum atomic E-state index is 8.86. The van der Waals surface area contributed by atoms with E-state index in [0.717, 1.165) is 12.0 Å². The number of ether oxygens (including phenoxy) is 1. The molecule has 1 aliphatic rings. The Morgan fingerprint density at radius 3 is 2.43 bits per heavy atom. The molecule has 0 saturated heterocycles. The van der Waals surface area contributed by atoms with Gasteiger partial charge >= 0.3 is 0 Å². The fourth-order valence-corrected chi connectivity index (χ4v) is 3.37. The van der Waals surface area contributed by atoms with Gasteiger partial charge in [-0.2, -0.15) is 5.26 Å². The van der Waals surface area contributed by atoms with Crippen molar-refractivity contribution in [3.8, 4) is 6.07 Å². The van der Waals surface area contributed by atoms with Crippen molar-refractivity contribution in [3.05, 3.63) is 47.7 Å². The van der Waals surface area contributed by atoms with Crippen molar-refractivity contribution in [3.63, 3.8) is 0 Å². The van der Waals surface area contributed by atoms with Crippen molar-refractivity contribution in [1.29, 1.82) is 5.26 Å². The van der Waals surface area contributed by atoms with Crippen molar-refractivity contribution in [2.45, 2.75) is 58.0 Å². The van der Waals surface area contributed by atoms with Gasteiger partial charge in [-0.1, -0.05) is 25.1 Å². The number of hydrogen-bond donors (Lipinski definition) is 0. The number of nitriles is 1. The molecule has 2 nitrogen and oxygen atoms in total. The number of hydrogen-bond acceptors (Lipinski definition) is 2. The van der Waals surface area contributed by atoms with E-state index in [-0.39, 0.29) is 0 Å². The Morgan fingerprint density at radius 1 is 1.24 bits per heavy atom. The molecular weight excluding hydrogens is 258 g/mol. The molecule has 2 heteroatoms. The summed E-state index contributed by atoms with van der Waals surface area (Å²) in [5.41, 5.74) is 2.13. The Hall–Kier alpha value is -1.75. The number of nitrogens with zero attached hydrogens (tertiary/aromatic N) is 1. The third-order valence-corrected chi connectivity index (χ3v) is 4.60. The van der Waals surface area contributed by atoms with Gasteiger partial charge in [-0.15, -0.1) is 0 Å². The average molecular weight is 283 g/mol. The van der Waals surface area contributed by atoms with Crippen LogP contribution in [-0.4, -0.2) is 6.10 Å². The second kappa shape index (κ2) is 7.88. The topological polar surface area (TPSA) is 33.0 Å². The molecular formula is C19H25NO. The van der Waals surface area contributed by atoms with E-state index in [4.69, 9.17) is 10.00 Å². The highest BCUT2D eigenvalue weighted by molar-refractivity contribution is 5.33. The lowest BCUT2D eigenvalue weighted by atomic mass is 9.76. The minimum absolute atomic E-state index is 0.364. The molecule has 112 valence electrons. The molecule has 1 unspecified atom stereocenters. The normalized spacial score (nSPS) is 23.7. The zero-order valence-corrected chi connectivity index (χ0v) is 13.1. The van der Waals surface area contributed by atoms with Gasteiger partial charge in [0.25, 0.3) is 0 Å². The highest BCUT2D eigenvalue weighted by Gasteiger charge is 2.27. The lowest BCUT2D eigenvalue weighted by molar-refractivity contribution is 0.0601. The predicted octanol–water partition coefficient (Wildman–Crippen LogP) is 5.16. The Labute approximate surface area is 128 Å². The molecule has 2 rings (SSSR count). The predicted molar refractivity (Wildman–Crippen MR) is 85.8 cm³/mol. The lowest BCUT2D eigenvalue weighted by Crippen LogP contribution is -2.26. The summed E-state index contributed by atoms with van der Waals surface area (Å²) in [7, 11) is 0. The Morgan fingerprint density at radius 2 is 1.90 bits per heavy atom. The summed E-state index contributed by atoms with van der Waals surface area (Å²) >= 11 is 0. The van der Waals surface area contributed by atoms with Gasteiger partial charge in [0.1, 0.15) is 6.10 Å². The van der Waals surface area contributed by atoms with E-state index < -0.39 is 0 Å². The summed E-state index contributed by atoms with van der Waals surface area (Å²) in [6.07, 6.45) is 10.2. The smallest absolute Gasteiger partial charge is 0.100 e. The minimum atomic E-state index is 0.364. The second-order valence-corrected chi connectivity index (χ2v) is 5.90. The van der Waals surface area contributed by atoms with Crippen LogP contribution in [0.2, 0.25) is 0 Å². The van der Waals surface area contributed by atoms with Gasteiger partial charge in [0.05, 0.1) is 17.9 Å². The first-order chi connectivity index (χ1) is 10.3. The maximum absolute atomic E-state index is 8.86. The van der Waals surface area contributed by atoms with E-state index >= 15 is 0 Å². The summed E-state index contributed by atoms with van der Waals surface area (Å²) in [4.78, 5) is 0. The first-order valence-corrected chi connectivity index (χ1v) is 8.05. The molecule has 0 bridgehead atoms. The first kappa shape index (κ1) is 15.6. The fraction of sp³-hybridized carbons (Fsp3) is 0.526. The van der Waals surface area contributed by atoms with Crippen LogP contribution in [0.25, 0.3) is 0 Å². The molecule has 1 fully saturated rings. The van der Waals surface area contributed by atoms with Crippen LogP contribution in [0.4, 0.5) is 0 Å². The monoisotopic (exact) mass is 283 g/mol. The van der Waals surface area contributed by atoms with Crippen LogP contribution < -0.4 is 0 Å². The SMILES string of the molecule is C/C=C/OC(CC)C1CCC(c2ccc(C#N)cc2)CC1. The zero-order valence-electron chi connectivity index (χ0n) is 13.1. The Kier molecular flexibility index (Phi) is 5.87. The molecule has 0 spiro atoms. The van der Waals surface area contributed by atoms with Crippen molar-refractivity contribution < 1.29 is 4.74 Å². The fourth-order valence-electron chi connectivity index (χ4n) is 3.37. The standard InChI is InChI=1S/C19H25NO/c1-3-13-21-19(4-2)18-11-9-17(10-12-18)16-7-5-15(14-20)6-8-16/h3,5-8,13,17-19H,4,9-12H2,1-2H3/b13-3+. The molecule has 1 aliphatic carbocycles. The van der Waals surface area contributed by atoms with E-state index in [9.17, 15) is 0 Å². The average Bonchev–Trinajstić information content (AvgIpc) is 2.56. The zero-order chi connectivity index (χ0) is 15.1. The quantitative estimate of drug-likeness (QED) is 0.699. The molecule has 0 heterocycles.